The van der Waals surface area contributed by atoms with E-state index in [1.807, 2.05) is 0 Å². The van der Waals surface area contributed by atoms with Gasteiger partial charge in [0.05, 0.1) is 0 Å². The fourth-order valence-corrected chi connectivity index (χ4v) is 0.725. The van der Waals surface area contributed by atoms with Crippen LogP contribution in [-0.2, 0) is 0 Å². The first-order valence-corrected chi connectivity index (χ1v) is 2.90. The fourth-order valence-electron chi connectivity index (χ4n) is 0.544. The van der Waals surface area contributed by atoms with Crippen LogP contribution in [0.2, 0.25) is 5.02 Å². The lowest BCUT2D eigenvalue weighted by molar-refractivity contribution is 0.454. The molecule has 0 atom stereocenters. The van der Waals surface area contributed by atoms with E-state index >= 15 is 0 Å². The van der Waals surface area contributed by atoms with Gasteiger partial charge in [0.15, 0.2) is 23.3 Å². The van der Waals surface area contributed by atoms with Crippen LogP contribution in [0.3, 0.4) is 0 Å². The molecule has 0 spiro atoms. The summed E-state index contributed by atoms with van der Waals surface area (Å²) in [6.45, 7) is 0. The van der Waals surface area contributed by atoms with Crippen molar-refractivity contribution in [2.75, 3.05) is 0 Å². The van der Waals surface area contributed by atoms with Crippen LogP contribution in [0, 0.1) is 23.3 Å². The lowest BCUT2D eigenvalue weighted by Crippen LogP contribution is -1.93. The lowest BCUT2D eigenvalue weighted by Gasteiger charge is -1.97. The molecule has 0 aliphatic carbocycles. The Morgan fingerprint density at radius 3 is 1.64 bits per heavy atom. The van der Waals surface area contributed by atoms with Gasteiger partial charge in [-0.2, -0.15) is 0 Å². The van der Waals surface area contributed by atoms with E-state index in [1.54, 1.807) is 0 Å². The van der Waals surface area contributed by atoms with Crippen LogP contribution in [0.25, 0.3) is 0 Å². The van der Waals surface area contributed by atoms with Gasteiger partial charge in [0.25, 0.3) is 0 Å². The molecule has 0 aromatic heterocycles. The van der Waals surface area contributed by atoms with Gasteiger partial charge in [0.2, 0.25) is 0 Å². The van der Waals surface area contributed by atoms with Gasteiger partial charge in [-0.25, -0.2) is 17.6 Å². The molecule has 60 valence electrons. The number of hydrogen-bond donors (Lipinski definition) is 0. The average Bonchev–Trinajstić information content (AvgIpc) is 1.97. The first kappa shape index (κ1) is 8.33. The predicted octanol–water partition coefficient (Wildman–Crippen LogP) is 2.90. The molecule has 0 radical (unpaired) electrons. The second-order valence-electron chi connectivity index (χ2n) is 1.78. The normalized spacial score (nSPS) is 10.3. The number of rotatable bonds is 0. The van der Waals surface area contributed by atoms with Crippen LogP contribution in [0.1, 0.15) is 0 Å². The van der Waals surface area contributed by atoms with Crippen LogP contribution in [0.5, 0.6) is 0 Å². The summed E-state index contributed by atoms with van der Waals surface area (Å²) >= 11 is 4.86. The van der Waals surface area contributed by atoms with Crippen molar-refractivity contribution in [3.05, 3.63) is 34.4 Å². The number of hydrogen-bond acceptors (Lipinski definition) is 0. The highest BCUT2D eigenvalue weighted by atomic mass is 35.5. The average molecular weight is 185 g/mol. The Morgan fingerprint density at radius 1 is 0.909 bits per heavy atom. The third kappa shape index (κ3) is 1.30. The Kier molecular flexibility index (Phi) is 2.04. The first-order valence-electron chi connectivity index (χ1n) is 2.52. The standard InChI is InChI=1S/C6HClF4/c7-4-5(10)2(8)1-3(9)6(4)11/h1H. The van der Waals surface area contributed by atoms with Crippen LogP contribution in [0.4, 0.5) is 17.6 Å². The van der Waals surface area contributed by atoms with E-state index in [1.165, 1.54) is 0 Å². The van der Waals surface area contributed by atoms with E-state index in [2.05, 4.69) is 0 Å². The third-order valence-corrected chi connectivity index (χ3v) is 1.39. The summed E-state index contributed by atoms with van der Waals surface area (Å²) in [5.74, 6) is -6.17. The molecular weight excluding hydrogens is 184 g/mol. The first-order chi connectivity index (χ1) is 5.04. The van der Waals surface area contributed by atoms with Gasteiger partial charge in [0.1, 0.15) is 5.02 Å². The molecule has 0 nitrogen and oxygen atoms in total. The molecule has 1 rings (SSSR count). The minimum Gasteiger partial charge on any atom is -0.204 e. The number of benzene rings is 1. The molecule has 5 heteroatoms. The molecule has 0 amide bonds. The van der Waals surface area contributed by atoms with E-state index < -0.39 is 28.3 Å². The zero-order valence-corrected chi connectivity index (χ0v) is 5.72. The van der Waals surface area contributed by atoms with Gasteiger partial charge in [0, 0.05) is 6.07 Å². The van der Waals surface area contributed by atoms with Crippen LogP contribution in [-0.4, -0.2) is 0 Å². The van der Waals surface area contributed by atoms with E-state index in [4.69, 9.17) is 11.6 Å². The molecule has 0 N–H and O–H groups in total. The lowest BCUT2D eigenvalue weighted by atomic mass is 10.3. The van der Waals surface area contributed by atoms with E-state index in [0.29, 0.717) is 0 Å². The minimum absolute atomic E-state index is 0.0938. The van der Waals surface area contributed by atoms with E-state index in [9.17, 15) is 17.6 Å². The van der Waals surface area contributed by atoms with Crippen molar-refractivity contribution < 1.29 is 17.6 Å². The molecule has 0 bridgehead atoms. The van der Waals surface area contributed by atoms with Crippen molar-refractivity contribution in [2.24, 2.45) is 0 Å². The van der Waals surface area contributed by atoms with Crippen molar-refractivity contribution in [3.8, 4) is 0 Å². The summed E-state index contributed by atoms with van der Waals surface area (Å²) in [6, 6.07) is 0.0938. The highest BCUT2D eigenvalue weighted by Crippen LogP contribution is 2.23. The third-order valence-electron chi connectivity index (χ3n) is 1.06. The number of halogens is 5. The van der Waals surface area contributed by atoms with Crippen LogP contribution < -0.4 is 0 Å². The maximum absolute atomic E-state index is 12.3. The SMILES string of the molecule is Fc1cc(F)c(F)c(Cl)c1F. The van der Waals surface area contributed by atoms with Crippen molar-refractivity contribution in [1.29, 1.82) is 0 Å². The summed E-state index contributed by atoms with van der Waals surface area (Å²) in [7, 11) is 0. The Balaban J connectivity index is 3.46. The van der Waals surface area contributed by atoms with Crippen molar-refractivity contribution in [3.63, 3.8) is 0 Å². The zero-order chi connectivity index (χ0) is 8.59. The van der Waals surface area contributed by atoms with E-state index in [-0.39, 0.29) is 6.07 Å². The predicted molar refractivity (Wildman–Crippen MR) is 31.3 cm³/mol. The van der Waals surface area contributed by atoms with Crippen molar-refractivity contribution >= 4 is 11.6 Å². The maximum atomic E-state index is 12.3. The van der Waals surface area contributed by atoms with Crippen LogP contribution in [0.15, 0.2) is 6.07 Å². The fraction of sp³-hybridized carbons (Fsp3) is 0. The molecule has 0 heterocycles. The molecule has 0 fully saturated rings. The van der Waals surface area contributed by atoms with Gasteiger partial charge in [-0.3, -0.25) is 0 Å². The van der Waals surface area contributed by atoms with Gasteiger partial charge in [-0.1, -0.05) is 11.6 Å². The summed E-state index contributed by atoms with van der Waals surface area (Å²) < 4.78 is 48.8. The largest absolute Gasteiger partial charge is 0.204 e. The summed E-state index contributed by atoms with van der Waals surface area (Å²) in [4.78, 5) is 0. The second kappa shape index (κ2) is 2.70. The monoisotopic (exact) mass is 184 g/mol. The highest BCUT2D eigenvalue weighted by molar-refractivity contribution is 6.30. The van der Waals surface area contributed by atoms with Gasteiger partial charge < -0.3 is 0 Å². The minimum atomic E-state index is -1.58. The molecule has 0 unspecified atom stereocenters. The van der Waals surface area contributed by atoms with Crippen molar-refractivity contribution in [1.82, 2.24) is 0 Å². The molecule has 0 aliphatic heterocycles. The smallest absolute Gasteiger partial charge is 0.180 e. The second-order valence-corrected chi connectivity index (χ2v) is 2.16. The van der Waals surface area contributed by atoms with Gasteiger partial charge in [-0.05, 0) is 0 Å². The Hall–Kier alpha value is -0.770. The molecule has 1 aromatic rings. The highest BCUT2D eigenvalue weighted by Gasteiger charge is 2.16. The maximum Gasteiger partial charge on any atom is 0.180 e. The quantitative estimate of drug-likeness (QED) is 0.330. The molecule has 0 aliphatic rings. The molecule has 1 aromatic carbocycles. The molecule has 11 heavy (non-hydrogen) atoms. The Labute approximate surface area is 64.4 Å². The summed E-state index contributed by atoms with van der Waals surface area (Å²) in [5.41, 5.74) is 0. The molecular formula is C6HClF4. The Morgan fingerprint density at radius 2 is 1.27 bits per heavy atom. The van der Waals surface area contributed by atoms with Crippen LogP contribution >= 0.6 is 11.6 Å². The Bertz CT molecular complexity index is 271. The molecule has 0 saturated carbocycles. The van der Waals surface area contributed by atoms with Crippen molar-refractivity contribution in [2.45, 2.75) is 0 Å². The zero-order valence-electron chi connectivity index (χ0n) is 4.97. The van der Waals surface area contributed by atoms with Gasteiger partial charge in [-0.15, -0.1) is 0 Å². The molecule has 0 saturated heterocycles. The summed E-state index contributed by atoms with van der Waals surface area (Å²) in [5, 5.41) is -1.16. The topological polar surface area (TPSA) is 0 Å². The summed E-state index contributed by atoms with van der Waals surface area (Å²) in [6.07, 6.45) is 0. The van der Waals surface area contributed by atoms with E-state index in [0.717, 1.165) is 0 Å². The van der Waals surface area contributed by atoms with Gasteiger partial charge >= 0.3 is 0 Å².